The van der Waals surface area contributed by atoms with E-state index in [2.05, 4.69) is 20.8 Å². The molecule has 0 aliphatic heterocycles. The Morgan fingerprint density at radius 2 is 2.17 bits per heavy atom. The third-order valence-corrected chi connectivity index (χ3v) is 4.85. The Morgan fingerprint density at radius 1 is 1.33 bits per heavy atom. The number of hydrogen-bond acceptors (Lipinski definition) is 4. The summed E-state index contributed by atoms with van der Waals surface area (Å²) in [5.41, 5.74) is 8.94. The topological polar surface area (TPSA) is 56.7 Å². The number of nitrogen functional groups attached to an aromatic ring is 1. The highest BCUT2D eigenvalue weighted by Gasteiger charge is 2.28. The molecule has 1 aliphatic rings. The molecule has 0 amide bonds. The van der Waals surface area contributed by atoms with E-state index < -0.39 is 0 Å². The van der Waals surface area contributed by atoms with Crippen LogP contribution >= 0.6 is 11.8 Å². The molecular formula is C13H18N4S. The van der Waals surface area contributed by atoms with Crippen LogP contribution in [0.4, 0.5) is 5.95 Å². The molecule has 2 N–H and O–H groups in total. The monoisotopic (exact) mass is 262 g/mol. The van der Waals surface area contributed by atoms with E-state index in [0.29, 0.717) is 12.0 Å². The van der Waals surface area contributed by atoms with E-state index in [4.69, 9.17) is 5.73 Å². The molecule has 0 saturated heterocycles. The predicted octanol–water partition coefficient (Wildman–Crippen LogP) is 2.78. The zero-order chi connectivity index (χ0) is 12.7. The second-order valence-electron chi connectivity index (χ2n) is 4.96. The quantitative estimate of drug-likeness (QED) is 0.904. The number of nitrogens with zero attached hydrogens (tertiary/aromatic N) is 3. The number of pyridine rings is 1. The molecule has 1 fully saturated rings. The minimum Gasteiger partial charge on any atom is -0.369 e. The number of thioether (sulfide) groups is 1. The average molecular weight is 262 g/mol. The molecule has 2 atom stereocenters. The first kappa shape index (κ1) is 11.8. The molecular weight excluding hydrogens is 244 g/mol. The number of imidazole rings is 1. The number of anilines is 1. The van der Waals surface area contributed by atoms with Gasteiger partial charge >= 0.3 is 0 Å². The minimum atomic E-state index is 0.460. The van der Waals surface area contributed by atoms with Crippen molar-refractivity contribution in [3.63, 3.8) is 0 Å². The van der Waals surface area contributed by atoms with Gasteiger partial charge in [-0.25, -0.2) is 9.97 Å². The van der Waals surface area contributed by atoms with E-state index in [9.17, 15) is 0 Å². The highest BCUT2D eigenvalue weighted by atomic mass is 32.2. The van der Waals surface area contributed by atoms with Crippen LogP contribution in [0, 0.1) is 6.92 Å². The van der Waals surface area contributed by atoms with Gasteiger partial charge in [-0.05, 0) is 44.6 Å². The van der Waals surface area contributed by atoms with Crippen LogP contribution in [0.15, 0.2) is 12.1 Å². The highest BCUT2D eigenvalue weighted by Crippen LogP contribution is 2.38. The minimum absolute atomic E-state index is 0.460. The van der Waals surface area contributed by atoms with Gasteiger partial charge in [0.05, 0.1) is 0 Å². The molecule has 1 aliphatic carbocycles. The van der Waals surface area contributed by atoms with Crippen LogP contribution in [0.2, 0.25) is 0 Å². The van der Waals surface area contributed by atoms with Crippen molar-refractivity contribution in [1.29, 1.82) is 0 Å². The highest BCUT2D eigenvalue weighted by molar-refractivity contribution is 7.99. The van der Waals surface area contributed by atoms with Crippen LogP contribution in [0.5, 0.6) is 0 Å². The Labute approximate surface area is 111 Å². The molecule has 2 aromatic rings. The second-order valence-corrected chi connectivity index (χ2v) is 6.10. The average Bonchev–Trinajstić information content (AvgIpc) is 2.92. The normalized spacial score (nSPS) is 23.9. The van der Waals surface area contributed by atoms with E-state index in [1.807, 2.05) is 30.8 Å². The zero-order valence-electron chi connectivity index (χ0n) is 10.8. The Balaban J connectivity index is 2.05. The van der Waals surface area contributed by atoms with Gasteiger partial charge in [0.15, 0.2) is 5.65 Å². The van der Waals surface area contributed by atoms with Gasteiger partial charge in [-0.3, -0.25) is 4.57 Å². The molecule has 18 heavy (non-hydrogen) atoms. The molecule has 0 aromatic carbocycles. The smallest absolute Gasteiger partial charge is 0.202 e. The molecule has 2 heterocycles. The summed E-state index contributed by atoms with van der Waals surface area (Å²) in [6, 6.07) is 4.45. The second kappa shape index (κ2) is 4.46. The SMILES string of the molecule is CSC1CCC(n2c(N)nc3ccc(C)nc32)C1. The third-order valence-electron chi connectivity index (χ3n) is 3.76. The fourth-order valence-corrected chi connectivity index (χ4v) is 3.60. The summed E-state index contributed by atoms with van der Waals surface area (Å²) in [5.74, 6) is 0.606. The zero-order valence-corrected chi connectivity index (χ0v) is 11.6. The lowest BCUT2D eigenvalue weighted by Gasteiger charge is -2.14. The maximum absolute atomic E-state index is 6.08. The lowest BCUT2D eigenvalue weighted by Crippen LogP contribution is -2.10. The Hall–Kier alpha value is -1.23. The summed E-state index contributed by atoms with van der Waals surface area (Å²) in [6.45, 7) is 2.01. The summed E-state index contributed by atoms with van der Waals surface area (Å²) < 4.78 is 2.14. The van der Waals surface area contributed by atoms with Crippen molar-refractivity contribution < 1.29 is 0 Å². The van der Waals surface area contributed by atoms with Crippen molar-refractivity contribution in [1.82, 2.24) is 14.5 Å². The Kier molecular flexibility index (Phi) is 2.93. The van der Waals surface area contributed by atoms with E-state index in [1.54, 1.807) is 0 Å². The summed E-state index contributed by atoms with van der Waals surface area (Å²) >= 11 is 1.95. The Morgan fingerprint density at radius 3 is 2.89 bits per heavy atom. The van der Waals surface area contributed by atoms with Crippen molar-refractivity contribution in [2.45, 2.75) is 37.5 Å². The molecule has 0 bridgehead atoms. The molecule has 0 radical (unpaired) electrons. The molecule has 1 saturated carbocycles. The molecule has 96 valence electrons. The molecule has 3 rings (SSSR count). The summed E-state index contributed by atoms with van der Waals surface area (Å²) in [6.07, 6.45) is 5.80. The van der Waals surface area contributed by atoms with E-state index in [1.165, 1.54) is 19.3 Å². The van der Waals surface area contributed by atoms with Gasteiger partial charge in [-0.2, -0.15) is 11.8 Å². The van der Waals surface area contributed by atoms with Crippen LogP contribution in [-0.4, -0.2) is 26.0 Å². The molecule has 4 nitrogen and oxygen atoms in total. The van der Waals surface area contributed by atoms with Gasteiger partial charge in [-0.15, -0.1) is 0 Å². The third kappa shape index (κ3) is 1.86. The largest absolute Gasteiger partial charge is 0.369 e. The van der Waals surface area contributed by atoms with Crippen LogP contribution in [0.3, 0.4) is 0 Å². The first-order valence-electron chi connectivity index (χ1n) is 6.33. The fraction of sp³-hybridized carbons (Fsp3) is 0.538. The van der Waals surface area contributed by atoms with Gasteiger partial charge in [0, 0.05) is 17.0 Å². The number of hydrogen-bond donors (Lipinski definition) is 1. The number of fused-ring (bicyclic) bond motifs is 1. The van der Waals surface area contributed by atoms with Crippen LogP contribution in [-0.2, 0) is 0 Å². The molecule has 2 aromatic heterocycles. The van der Waals surface area contributed by atoms with Crippen molar-refractivity contribution in [2.75, 3.05) is 12.0 Å². The first-order chi connectivity index (χ1) is 8.69. The van der Waals surface area contributed by atoms with E-state index in [0.717, 1.165) is 22.1 Å². The summed E-state index contributed by atoms with van der Waals surface area (Å²) in [4.78, 5) is 9.03. The van der Waals surface area contributed by atoms with Gasteiger partial charge < -0.3 is 5.73 Å². The standard InChI is InChI=1S/C13H18N4S/c1-8-3-6-11-12(15-8)17(13(14)16-11)9-4-5-10(7-9)18-2/h3,6,9-10H,4-5,7H2,1-2H3,(H2,14,16). The van der Waals surface area contributed by atoms with Gasteiger partial charge in [0.2, 0.25) is 5.95 Å². The maximum atomic E-state index is 6.08. The van der Waals surface area contributed by atoms with Gasteiger partial charge in [0.25, 0.3) is 0 Å². The number of aryl methyl sites for hydroxylation is 1. The number of aromatic nitrogens is 3. The van der Waals surface area contributed by atoms with Crippen LogP contribution < -0.4 is 5.73 Å². The van der Waals surface area contributed by atoms with E-state index in [-0.39, 0.29) is 0 Å². The van der Waals surface area contributed by atoms with Crippen molar-refractivity contribution in [3.8, 4) is 0 Å². The van der Waals surface area contributed by atoms with Crippen LogP contribution in [0.25, 0.3) is 11.2 Å². The number of nitrogens with two attached hydrogens (primary N) is 1. The lowest BCUT2D eigenvalue weighted by atomic mass is 10.2. The van der Waals surface area contributed by atoms with E-state index >= 15 is 0 Å². The van der Waals surface area contributed by atoms with Crippen molar-refractivity contribution in [3.05, 3.63) is 17.8 Å². The number of rotatable bonds is 2. The van der Waals surface area contributed by atoms with Crippen molar-refractivity contribution >= 4 is 28.9 Å². The molecule has 0 spiro atoms. The van der Waals surface area contributed by atoms with Crippen LogP contribution in [0.1, 0.15) is 31.0 Å². The maximum Gasteiger partial charge on any atom is 0.202 e. The predicted molar refractivity (Wildman–Crippen MR) is 76.9 cm³/mol. The Bertz CT molecular complexity index is 578. The summed E-state index contributed by atoms with van der Waals surface area (Å²) in [5, 5.41) is 0.747. The van der Waals surface area contributed by atoms with Gasteiger partial charge in [0.1, 0.15) is 5.52 Å². The first-order valence-corrected chi connectivity index (χ1v) is 7.61. The summed E-state index contributed by atoms with van der Waals surface area (Å²) in [7, 11) is 0. The molecule has 2 unspecified atom stereocenters. The van der Waals surface area contributed by atoms with Gasteiger partial charge in [-0.1, -0.05) is 0 Å². The fourth-order valence-electron chi connectivity index (χ4n) is 2.81. The lowest BCUT2D eigenvalue weighted by molar-refractivity contribution is 0.537. The van der Waals surface area contributed by atoms with Crippen molar-refractivity contribution in [2.24, 2.45) is 0 Å². The molecule has 5 heteroatoms.